The van der Waals surface area contributed by atoms with E-state index < -0.39 is 22.5 Å². The molecule has 0 unspecified atom stereocenters. The van der Waals surface area contributed by atoms with E-state index in [1.165, 1.54) is 45.2 Å². The molecule has 0 N–H and O–H groups in total. The first kappa shape index (κ1) is 21.5. The molecule has 12 nitrogen and oxygen atoms in total. The zero-order chi connectivity index (χ0) is 23.5. The molecule has 4 heterocycles. The molecule has 0 saturated carbocycles. The normalized spacial score (nSPS) is 12.1. The number of aromatic nitrogens is 8. The average molecular weight is 442 g/mol. The highest BCUT2D eigenvalue weighted by Crippen LogP contribution is 2.15. The van der Waals surface area contributed by atoms with Gasteiger partial charge < -0.3 is 0 Å². The van der Waals surface area contributed by atoms with Crippen molar-refractivity contribution in [2.24, 2.45) is 25.9 Å². The lowest BCUT2D eigenvalue weighted by Gasteiger charge is -2.17. The van der Waals surface area contributed by atoms with Gasteiger partial charge in [-0.05, 0) is 11.8 Å². The minimum atomic E-state index is -0.524. The van der Waals surface area contributed by atoms with Crippen LogP contribution >= 0.6 is 0 Å². The van der Waals surface area contributed by atoms with E-state index in [-0.39, 0.29) is 34.2 Å². The Hall–Kier alpha value is -3.70. The van der Waals surface area contributed by atoms with Crippen molar-refractivity contribution in [1.82, 2.24) is 37.6 Å². The predicted octanol–water partition coefficient (Wildman–Crippen LogP) is -0.270. The van der Waals surface area contributed by atoms with E-state index in [1.54, 1.807) is 0 Å². The lowest BCUT2D eigenvalue weighted by Crippen LogP contribution is -2.40. The maximum Gasteiger partial charge on any atom is 0.332 e. The van der Waals surface area contributed by atoms with Crippen molar-refractivity contribution >= 4 is 22.3 Å². The monoisotopic (exact) mass is 442 g/mol. The van der Waals surface area contributed by atoms with Crippen LogP contribution in [0, 0.1) is 11.8 Å². The molecule has 4 aromatic heterocycles. The first-order valence-corrected chi connectivity index (χ1v) is 10.4. The van der Waals surface area contributed by atoms with Gasteiger partial charge in [0.1, 0.15) is 12.7 Å². The molecular weight excluding hydrogens is 416 g/mol. The molecule has 4 aromatic rings. The highest BCUT2D eigenvalue weighted by Gasteiger charge is 2.22. The Labute approximate surface area is 181 Å². The first-order valence-electron chi connectivity index (χ1n) is 10.4. The molecule has 0 fully saturated rings. The minimum Gasteiger partial charge on any atom is -0.276 e. The summed E-state index contributed by atoms with van der Waals surface area (Å²) in [5.41, 5.74) is -1.24. The number of fused-ring (bicyclic) bond motifs is 2. The third-order valence-corrected chi connectivity index (χ3v) is 5.34. The molecule has 0 amide bonds. The van der Waals surface area contributed by atoms with Crippen LogP contribution in [0.5, 0.6) is 0 Å². The fourth-order valence-electron chi connectivity index (χ4n) is 3.88. The van der Waals surface area contributed by atoms with Crippen LogP contribution in [0.15, 0.2) is 31.8 Å². The molecule has 0 aliphatic carbocycles. The van der Waals surface area contributed by atoms with Crippen molar-refractivity contribution in [2.75, 3.05) is 0 Å². The molecule has 0 saturated heterocycles. The maximum absolute atomic E-state index is 12.9. The number of rotatable bonds is 5. The Morgan fingerprint density at radius 3 is 1.34 bits per heavy atom. The van der Waals surface area contributed by atoms with Crippen LogP contribution in [0.1, 0.15) is 27.7 Å². The fourth-order valence-corrected chi connectivity index (χ4v) is 3.88. The van der Waals surface area contributed by atoms with Crippen LogP contribution < -0.4 is 22.5 Å². The van der Waals surface area contributed by atoms with Gasteiger partial charge in [0, 0.05) is 27.2 Å². The molecule has 0 atom stereocenters. The molecular formula is C20H26N8O4. The van der Waals surface area contributed by atoms with Crippen molar-refractivity contribution in [3.63, 3.8) is 0 Å². The van der Waals surface area contributed by atoms with Crippen LogP contribution in [0.4, 0.5) is 0 Å². The first-order chi connectivity index (χ1) is 15.0. The van der Waals surface area contributed by atoms with Gasteiger partial charge >= 0.3 is 11.4 Å². The lowest BCUT2D eigenvalue weighted by molar-refractivity contribution is 0.481. The van der Waals surface area contributed by atoms with Crippen molar-refractivity contribution < 1.29 is 0 Å². The van der Waals surface area contributed by atoms with Crippen LogP contribution in [0.2, 0.25) is 0 Å². The third kappa shape index (κ3) is 3.05. The van der Waals surface area contributed by atoms with Gasteiger partial charge in [-0.3, -0.25) is 27.9 Å². The van der Waals surface area contributed by atoms with Crippen LogP contribution in [-0.4, -0.2) is 37.6 Å². The standard InChI is InChI=1S/C20H26N8O4/c1-11(2)7-25-15-13(17(29)23(5)19(25)31)21-9-27(15)28-10-22-14-16(28)26(8-12(3)4)20(32)24(6)18(14)30/h9-12H,7-8H2,1-6H3. The topological polar surface area (TPSA) is 124 Å². The Bertz CT molecular complexity index is 1470. The molecule has 0 aromatic carbocycles. The fraction of sp³-hybridized carbons (Fsp3) is 0.500. The van der Waals surface area contributed by atoms with Crippen molar-refractivity contribution in [3.05, 3.63) is 54.3 Å². The van der Waals surface area contributed by atoms with E-state index >= 15 is 0 Å². The quantitative estimate of drug-likeness (QED) is 0.419. The summed E-state index contributed by atoms with van der Waals surface area (Å²) in [5.74, 6) is 0.227. The summed E-state index contributed by atoms with van der Waals surface area (Å²) in [4.78, 5) is 59.9. The van der Waals surface area contributed by atoms with Gasteiger partial charge in [-0.15, -0.1) is 0 Å². The SMILES string of the molecule is CC(C)Cn1c(=O)n(C)c(=O)c2ncn(-n3cnc4c(=O)n(C)c(=O)n(CC(C)C)c43)c21. The Morgan fingerprint density at radius 1 is 0.688 bits per heavy atom. The van der Waals surface area contributed by atoms with Crippen molar-refractivity contribution in [3.8, 4) is 0 Å². The molecule has 0 spiro atoms. The highest BCUT2D eigenvalue weighted by molar-refractivity contribution is 5.73. The van der Waals surface area contributed by atoms with Gasteiger partial charge in [0.05, 0.1) is 0 Å². The van der Waals surface area contributed by atoms with Gasteiger partial charge in [-0.2, -0.15) is 0 Å². The number of hydrogen-bond acceptors (Lipinski definition) is 6. The van der Waals surface area contributed by atoms with E-state index in [4.69, 9.17) is 0 Å². The van der Waals surface area contributed by atoms with Gasteiger partial charge in [0.25, 0.3) is 11.1 Å². The molecule has 4 rings (SSSR count). The average Bonchev–Trinajstić information content (AvgIpc) is 3.35. The van der Waals surface area contributed by atoms with Crippen LogP contribution in [-0.2, 0) is 27.2 Å². The maximum atomic E-state index is 12.9. The molecule has 32 heavy (non-hydrogen) atoms. The molecule has 0 radical (unpaired) electrons. The minimum absolute atomic E-state index is 0.108. The summed E-state index contributed by atoms with van der Waals surface area (Å²) >= 11 is 0. The zero-order valence-electron chi connectivity index (χ0n) is 18.9. The van der Waals surface area contributed by atoms with E-state index in [1.807, 2.05) is 27.7 Å². The summed E-state index contributed by atoms with van der Waals surface area (Å²) in [6.45, 7) is 8.54. The van der Waals surface area contributed by atoms with Gasteiger partial charge in [0.15, 0.2) is 22.3 Å². The smallest absolute Gasteiger partial charge is 0.276 e. The largest absolute Gasteiger partial charge is 0.332 e. The number of hydrogen-bond donors (Lipinski definition) is 0. The second-order valence-corrected chi connectivity index (χ2v) is 8.83. The molecule has 170 valence electrons. The molecule has 0 bridgehead atoms. The van der Waals surface area contributed by atoms with E-state index in [0.717, 1.165) is 9.13 Å². The predicted molar refractivity (Wildman–Crippen MR) is 119 cm³/mol. The van der Waals surface area contributed by atoms with Crippen molar-refractivity contribution in [1.29, 1.82) is 0 Å². The van der Waals surface area contributed by atoms with Crippen LogP contribution in [0.3, 0.4) is 0 Å². The summed E-state index contributed by atoms with van der Waals surface area (Å²) in [6, 6.07) is 0. The highest BCUT2D eigenvalue weighted by atomic mass is 16.2. The summed E-state index contributed by atoms with van der Waals surface area (Å²) < 4.78 is 7.99. The van der Waals surface area contributed by atoms with Crippen LogP contribution in [0.25, 0.3) is 22.3 Å². The lowest BCUT2D eigenvalue weighted by atomic mass is 10.2. The Morgan fingerprint density at radius 2 is 1.03 bits per heavy atom. The second-order valence-electron chi connectivity index (χ2n) is 8.83. The summed E-state index contributed by atoms with van der Waals surface area (Å²) in [7, 11) is 2.83. The molecule has 12 heteroatoms. The van der Waals surface area contributed by atoms with Crippen molar-refractivity contribution in [2.45, 2.75) is 40.8 Å². The van der Waals surface area contributed by atoms with Gasteiger partial charge in [-0.1, -0.05) is 27.7 Å². The van der Waals surface area contributed by atoms with Gasteiger partial charge in [-0.25, -0.2) is 28.9 Å². The van der Waals surface area contributed by atoms with E-state index in [2.05, 4.69) is 9.97 Å². The third-order valence-electron chi connectivity index (χ3n) is 5.34. The second kappa shape index (κ2) is 7.46. The zero-order valence-corrected chi connectivity index (χ0v) is 18.9. The molecule has 0 aliphatic rings. The van der Waals surface area contributed by atoms with E-state index in [0.29, 0.717) is 13.1 Å². The summed E-state index contributed by atoms with van der Waals surface area (Å²) in [5, 5.41) is 0. The molecule has 0 aliphatic heterocycles. The Kier molecular flexibility index (Phi) is 5.02. The number of nitrogens with zero attached hydrogens (tertiary/aromatic N) is 8. The Balaban J connectivity index is 2.19. The number of imidazole rings is 2. The van der Waals surface area contributed by atoms with E-state index in [9.17, 15) is 19.2 Å². The van der Waals surface area contributed by atoms with Gasteiger partial charge in [0.2, 0.25) is 0 Å². The summed E-state index contributed by atoms with van der Waals surface area (Å²) in [6.07, 6.45) is 2.79.